The van der Waals surface area contributed by atoms with Crippen molar-refractivity contribution in [2.45, 2.75) is 25.6 Å². The fourth-order valence-electron chi connectivity index (χ4n) is 3.51. The molecule has 1 saturated heterocycles. The highest BCUT2D eigenvalue weighted by Crippen LogP contribution is 2.35. The number of halogens is 3. The standard InChI is InChI=1S/C21H18F3N3O4/c1-11-19(29)26-16-9-14(5-6-17(16)31-11)25-20(30)12-7-18(28)27(10-12)15-4-2-3-13(8-15)21(22,23)24/h2-6,8-9,11-12H,7,10H2,1H3,(H,25,30)(H,26,29). The lowest BCUT2D eigenvalue weighted by Crippen LogP contribution is -2.34. The number of carbonyl (C=O) groups excluding carboxylic acids is 3. The largest absolute Gasteiger partial charge is 0.479 e. The lowest BCUT2D eigenvalue weighted by molar-refractivity contribution is -0.137. The van der Waals surface area contributed by atoms with E-state index in [1.54, 1.807) is 25.1 Å². The van der Waals surface area contributed by atoms with E-state index in [0.29, 0.717) is 17.1 Å². The number of hydrogen-bond donors (Lipinski definition) is 2. The van der Waals surface area contributed by atoms with Gasteiger partial charge in [-0.3, -0.25) is 14.4 Å². The van der Waals surface area contributed by atoms with Crippen molar-refractivity contribution in [2.75, 3.05) is 22.1 Å². The summed E-state index contributed by atoms with van der Waals surface area (Å²) in [7, 11) is 0. The Morgan fingerprint density at radius 3 is 2.71 bits per heavy atom. The first-order valence-electron chi connectivity index (χ1n) is 9.52. The molecule has 2 atom stereocenters. The second kappa shape index (κ2) is 7.60. The molecule has 1 fully saturated rings. The van der Waals surface area contributed by atoms with E-state index in [0.717, 1.165) is 12.1 Å². The summed E-state index contributed by atoms with van der Waals surface area (Å²) in [5.74, 6) is -1.45. The molecule has 10 heteroatoms. The second-order valence-corrected chi connectivity index (χ2v) is 7.40. The number of benzene rings is 2. The SMILES string of the molecule is CC1Oc2ccc(NC(=O)C3CC(=O)N(c4cccc(C(F)(F)F)c4)C3)cc2NC1=O. The number of anilines is 3. The summed E-state index contributed by atoms with van der Waals surface area (Å²) in [5, 5.41) is 5.36. The van der Waals surface area contributed by atoms with Crippen molar-refractivity contribution in [3.63, 3.8) is 0 Å². The van der Waals surface area contributed by atoms with Gasteiger partial charge in [-0.15, -0.1) is 0 Å². The van der Waals surface area contributed by atoms with Crippen molar-refractivity contribution < 1.29 is 32.3 Å². The maximum absolute atomic E-state index is 13.0. The zero-order valence-corrected chi connectivity index (χ0v) is 16.3. The zero-order chi connectivity index (χ0) is 22.3. The molecule has 0 aliphatic carbocycles. The average Bonchev–Trinajstić information content (AvgIpc) is 3.10. The third-order valence-electron chi connectivity index (χ3n) is 5.16. The van der Waals surface area contributed by atoms with Crippen molar-refractivity contribution in [1.82, 2.24) is 0 Å². The van der Waals surface area contributed by atoms with Crippen LogP contribution >= 0.6 is 0 Å². The molecule has 2 aliphatic rings. The normalized spacial score (nSPS) is 20.7. The van der Waals surface area contributed by atoms with Gasteiger partial charge in [0.05, 0.1) is 17.2 Å². The molecular formula is C21H18F3N3O4. The number of nitrogens with zero attached hydrogens (tertiary/aromatic N) is 1. The first-order valence-corrected chi connectivity index (χ1v) is 9.52. The molecule has 2 unspecified atom stereocenters. The van der Waals surface area contributed by atoms with E-state index in [2.05, 4.69) is 10.6 Å². The molecule has 4 rings (SSSR count). The van der Waals surface area contributed by atoms with Crippen LogP contribution in [0.5, 0.6) is 5.75 Å². The molecule has 0 radical (unpaired) electrons. The van der Waals surface area contributed by atoms with Gasteiger partial charge in [0.2, 0.25) is 11.8 Å². The molecule has 2 heterocycles. The second-order valence-electron chi connectivity index (χ2n) is 7.40. The third-order valence-corrected chi connectivity index (χ3v) is 5.16. The van der Waals surface area contributed by atoms with Crippen LogP contribution in [0.4, 0.5) is 30.2 Å². The van der Waals surface area contributed by atoms with Crippen LogP contribution in [0.1, 0.15) is 18.9 Å². The zero-order valence-electron chi connectivity index (χ0n) is 16.3. The Bertz CT molecular complexity index is 1070. The van der Waals surface area contributed by atoms with E-state index >= 15 is 0 Å². The highest BCUT2D eigenvalue weighted by Gasteiger charge is 2.37. The molecule has 31 heavy (non-hydrogen) atoms. The van der Waals surface area contributed by atoms with Gasteiger partial charge in [-0.1, -0.05) is 6.07 Å². The summed E-state index contributed by atoms with van der Waals surface area (Å²) in [6, 6.07) is 9.19. The average molecular weight is 433 g/mol. The molecule has 2 aliphatic heterocycles. The smallest absolute Gasteiger partial charge is 0.416 e. The van der Waals surface area contributed by atoms with Crippen LogP contribution < -0.4 is 20.3 Å². The minimum absolute atomic E-state index is 0.0335. The maximum Gasteiger partial charge on any atom is 0.416 e. The van der Waals surface area contributed by atoms with Crippen molar-refractivity contribution in [2.24, 2.45) is 5.92 Å². The molecule has 0 aromatic heterocycles. The summed E-state index contributed by atoms with van der Waals surface area (Å²) in [6.07, 6.45) is -5.28. The Morgan fingerprint density at radius 1 is 1.19 bits per heavy atom. The number of amides is 3. The lowest BCUT2D eigenvalue weighted by atomic mass is 10.1. The van der Waals surface area contributed by atoms with E-state index in [1.807, 2.05) is 0 Å². The highest BCUT2D eigenvalue weighted by atomic mass is 19.4. The summed E-state index contributed by atoms with van der Waals surface area (Å²) >= 11 is 0. The third kappa shape index (κ3) is 4.18. The number of ether oxygens (including phenoxy) is 1. The molecule has 3 amide bonds. The topological polar surface area (TPSA) is 87.7 Å². The van der Waals surface area contributed by atoms with Gasteiger partial charge in [-0.2, -0.15) is 13.2 Å². The van der Waals surface area contributed by atoms with Crippen LogP contribution in [0.15, 0.2) is 42.5 Å². The van der Waals surface area contributed by atoms with Gasteiger partial charge in [0.25, 0.3) is 5.91 Å². The van der Waals surface area contributed by atoms with E-state index < -0.39 is 35.6 Å². The molecule has 0 saturated carbocycles. The summed E-state index contributed by atoms with van der Waals surface area (Å²) < 4.78 is 44.3. The molecule has 2 aromatic rings. The predicted octanol–water partition coefficient (Wildman–Crippen LogP) is 3.42. The summed E-state index contributed by atoms with van der Waals surface area (Å²) in [4.78, 5) is 38.0. The lowest BCUT2D eigenvalue weighted by Gasteiger charge is -2.24. The van der Waals surface area contributed by atoms with Crippen LogP contribution in [0.2, 0.25) is 0 Å². The maximum atomic E-state index is 13.0. The van der Waals surface area contributed by atoms with E-state index in [9.17, 15) is 27.6 Å². The molecular weight excluding hydrogens is 415 g/mol. The van der Waals surface area contributed by atoms with Crippen LogP contribution in [0.25, 0.3) is 0 Å². The minimum Gasteiger partial charge on any atom is -0.479 e. The Labute approximate surface area is 175 Å². The van der Waals surface area contributed by atoms with Crippen LogP contribution in [-0.4, -0.2) is 30.4 Å². The van der Waals surface area contributed by atoms with Crippen LogP contribution in [0.3, 0.4) is 0 Å². The van der Waals surface area contributed by atoms with Crippen molar-refractivity contribution in [3.8, 4) is 5.75 Å². The number of rotatable bonds is 3. The fraction of sp³-hybridized carbons (Fsp3) is 0.286. The van der Waals surface area contributed by atoms with Gasteiger partial charge >= 0.3 is 6.18 Å². The van der Waals surface area contributed by atoms with Gasteiger partial charge in [-0.05, 0) is 43.3 Å². The molecule has 7 nitrogen and oxygen atoms in total. The van der Waals surface area contributed by atoms with Crippen LogP contribution in [0, 0.1) is 5.92 Å². The Morgan fingerprint density at radius 2 is 1.97 bits per heavy atom. The highest BCUT2D eigenvalue weighted by molar-refractivity contribution is 6.04. The first-order chi connectivity index (χ1) is 14.6. The van der Waals surface area contributed by atoms with Gasteiger partial charge in [0.1, 0.15) is 5.75 Å². The van der Waals surface area contributed by atoms with Gasteiger partial charge < -0.3 is 20.3 Å². The van der Waals surface area contributed by atoms with Gasteiger partial charge in [0.15, 0.2) is 6.10 Å². The quantitative estimate of drug-likeness (QED) is 0.777. The first kappa shape index (κ1) is 20.7. The molecule has 0 spiro atoms. The molecule has 2 N–H and O–H groups in total. The number of carbonyl (C=O) groups is 3. The van der Waals surface area contributed by atoms with Crippen molar-refractivity contribution >= 4 is 34.8 Å². The number of nitrogens with one attached hydrogen (secondary N) is 2. The predicted molar refractivity (Wildman–Crippen MR) is 106 cm³/mol. The number of hydrogen-bond acceptors (Lipinski definition) is 4. The van der Waals surface area contributed by atoms with E-state index in [1.165, 1.54) is 17.0 Å². The van der Waals surface area contributed by atoms with Crippen molar-refractivity contribution in [3.05, 3.63) is 48.0 Å². The van der Waals surface area contributed by atoms with E-state index in [4.69, 9.17) is 4.74 Å². The fourth-order valence-corrected chi connectivity index (χ4v) is 3.51. The summed E-state index contributed by atoms with van der Waals surface area (Å²) in [5.41, 5.74) is 0.0393. The minimum atomic E-state index is -4.53. The van der Waals surface area contributed by atoms with Gasteiger partial charge in [0, 0.05) is 24.3 Å². The molecule has 2 aromatic carbocycles. The Balaban J connectivity index is 1.46. The Hall–Kier alpha value is -3.56. The van der Waals surface area contributed by atoms with E-state index in [-0.39, 0.29) is 24.6 Å². The summed E-state index contributed by atoms with van der Waals surface area (Å²) in [6.45, 7) is 1.58. The monoisotopic (exact) mass is 433 g/mol. The number of fused-ring (bicyclic) bond motifs is 1. The van der Waals surface area contributed by atoms with Crippen LogP contribution in [-0.2, 0) is 20.6 Å². The molecule has 162 valence electrons. The van der Waals surface area contributed by atoms with Gasteiger partial charge in [-0.25, -0.2) is 0 Å². The molecule has 0 bridgehead atoms. The number of alkyl halides is 3. The van der Waals surface area contributed by atoms with Crippen molar-refractivity contribution in [1.29, 1.82) is 0 Å². The Kier molecular flexibility index (Phi) is 5.08.